The molecule has 1 fully saturated rings. The number of ether oxygens (including phenoxy) is 1. The lowest BCUT2D eigenvalue weighted by atomic mass is 10.2. The second kappa shape index (κ2) is 7.43. The summed E-state index contributed by atoms with van der Waals surface area (Å²) >= 11 is 0. The van der Waals surface area contributed by atoms with E-state index in [1.54, 1.807) is 19.1 Å². The maximum Gasteiger partial charge on any atom is 0.262 e. The number of benzene rings is 2. The van der Waals surface area contributed by atoms with Gasteiger partial charge in [-0.3, -0.25) is 9.52 Å². The van der Waals surface area contributed by atoms with Crippen molar-refractivity contribution in [3.8, 4) is 0 Å². The molecule has 1 aliphatic rings. The van der Waals surface area contributed by atoms with Crippen molar-refractivity contribution in [1.82, 2.24) is 0 Å². The maximum absolute atomic E-state index is 13.8. The van der Waals surface area contributed by atoms with E-state index in [0.29, 0.717) is 24.3 Å². The molecule has 8 heteroatoms. The van der Waals surface area contributed by atoms with E-state index in [-0.39, 0.29) is 16.5 Å². The van der Waals surface area contributed by atoms with Crippen LogP contribution in [0.3, 0.4) is 0 Å². The quantitative estimate of drug-likeness (QED) is 0.838. The Bertz CT molecular complexity index is 925. The predicted octanol–water partition coefficient (Wildman–Crippen LogP) is 3.05. The number of sulfonamides is 1. The number of rotatable bonds is 5. The summed E-state index contributed by atoms with van der Waals surface area (Å²) in [7, 11) is -4.02. The summed E-state index contributed by atoms with van der Waals surface area (Å²) in [5, 5.41) is 2.67. The molecule has 1 saturated heterocycles. The first-order valence-corrected chi connectivity index (χ1v) is 9.65. The van der Waals surface area contributed by atoms with Gasteiger partial charge in [0.15, 0.2) is 0 Å². The fraction of sp³-hybridized carbons (Fsp3) is 0.278. The number of nitrogens with one attached hydrogen (secondary N) is 2. The van der Waals surface area contributed by atoms with Gasteiger partial charge in [0, 0.05) is 12.3 Å². The van der Waals surface area contributed by atoms with Crippen molar-refractivity contribution in [2.75, 3.05) is 16.6 Å². The third-order valence-electron chi connectivity index (χ3n) is 4.09. The van der Waals surface area contributed by atoms with Crippen molar-refractivity contribution < 1.29 is 22.3 Å². The lowest BCUT2D eigenvalue weighted by Crippen LogP contribution is -2.27. The molecule has 138 valence electrons. The maximum atomic E-state index is 13.8. The number of amides is 1. The fourth-order valence-corrected chi connectivity index (χ4v) is 4.06. The minimum absolute atomic E-state index is 0.0362. The van der Waals surface area contributed by atoms with Crippen LogP contribution >= 0.6 is 0 Å². The molecule has 0 radical (unpaired) electrons. The Labute approximate surface area is 151 Å². The molecule has 0 bridgehead atoms. The van der Waals surface area contributed by atoms with E-state index in [9.17, 15) is 17.6 Å². The zero-order valence-corrected chi connectivity index (χ0v) is 15.0. The van der Waals surface area contributed by atoms with Crippen molar-refractivity contribution in [2.45, 2.75) is 30.8 Å². The van der Waals surface area contributed by atoms with E-state index in [1.165, 1.54) is 30.3 Å². The highest BCUT2D eigenvalue weighted by Gasteiger charge is 2.24. The highest BCUT2D eigenvalue weighted by atomic mass is 32.2. The number of halogens is 1. The summed E-state index contributed by atoms with van der Waals surface area (Å²) in [6, 6.07) is 10.1. The average Bonchev–Trinajstić information content (AvgIpc) is 3.13. The van der Waals surface area contributed by atoms with Gasteiger partial charge in [-0.25, -0.2) is 12.8 Å². The van der Waals surface area contributed by atoms with Gasteiger partial charge in [0.2, 0.25) is 0 Å². The third-order valence-corrected chi connectivity index (χ3v) is 5.59. The Morgan fingerprint density at radius 2 is 2.00 bits per heavy atom. The second-order valence-electron chi connectivity index (χ2n) is 6.06. The molecule has 0 spiro atoms. The minimum atomic E-state index is -4.02. The number of aryl methyl sites for hydroxylation is 1. The molecule has 1 amide bonds. The summed E-state index contributed by atoms with van der Waals surface area (Å²) in [5.74, 6) is -0.978. The first kappa shape index (κ1) is 18.3. The standard InChI is InChI=1S/C18H19FN2O4S/c1-12-8-9-13(20-18(22)16-7-4-10-25-16)11-17(12)26(23,24)21-15-6-3-2-5-14(15)19/h2-3,5-6,8-9,11,16,21H,4,7,10H2,1H3,(H,20,22). The lowest BCUT2D eigenvalue weighted by Gasteiger charge is -2.14. The van der Waals surface area contributed by atoms with Crippen molar-refractivity contribution in [2.24, 2.45) is 0 Å². The van der Waals surface area contributed by atoms with Crippen LogP contribution in [0.15, 0.2) is 47.4 Å². The second-order valence-corrected chi connectivity index (χ2v) is 7.71. The molecular formula is C18H19FN2O4S. The topological polar surface area (TPSA) is 84.5 Å². The Morgan fingerprint density at radius 3 is 2.69 bits per heavy atom. The van der Waals surface area contributed by atoms with Crippen LogP contribution < -0.4 is 10.0 Å². The van der Waals surface area contributed by atoms with Gasteiger partial charge in [0.1, 0.15) is 11.9 Å². The largest absolute Gasteiger partial charge is 0.368 e. The number of hydrogen-bond acceptors (Lipinski definition) is 4. The lowest BCUT2D eigenvalue weighted by molar-refractivity contribution is -0.124. The van der Waals surface area contributed by atoms with Crippen LogP contribution in [0, 0.1) is 12.7 Å². The van der Waals surface area contributed by atoms with Gasteiger partial charge in [-0.15, -0.1) is 0 Å². The average molecular weight is 378 g/mol. The Hall–Kier alpha value is -2.45. The molecule has 0 aromatic heterocycles. The van der Waals surface area contributed by atoms with E-state index >= 15 is 0 Å². The van der Waals surface area contributed by atoms with Gasteiger partial charge in [0.25, 0.3) is 15.9 Å². The summed E-state index contributed by atoms with van der Waals surface area (Å²) < 4.78 is 46.6. The van der Waals surface area contributed by atoms with Crippen LogP contribution in [-0.4, -0.2) is 27.0 Å². The molecule has 2 aromatic rings. The fourth-order valence-electron chi connectivity index (χ4n) is 2.72. The Balaban J connectivity index is 1.84. The number of anilines is 2. The minimum Gasteiger partial charge on any atom is -0.368 e. The van der Waals surface area contributed by atoms with Gasteiger partial charge in [-0.2, -0.15) is 0 Å². The normalized spacial score (nSPS) is 17.1. The van der Waals surface area contributed by atoms with E-state index in [1.807, 2.05) is 0 Å². The van der Waals surface area contributed by atoms with E-state index in [4.69, 9.17) is 4.74 Å². The zero-order valence-electron chi connectivity index (χ0n) is 14.2. The van der Waals surface area contributed by atoms with Crippen molar-refractivity contribution in [3.05, 3.63) is 53.8 Å². The Kier molecular flexibility index (Phi) is 5.24. The first-order chi connectivity index (χ1) is 12.4. The molecule has 26 heavy (non-hydrogen) atoms. The number of para-hydroxylation sites is 1. The molecule has 3 rings (SSSR count). The highest BCUT2D eigenvalue weighted by molar-refractivity contribution is 7.92. The predicted molar refractivity (Wildman–Crippen MR) is 96.0 cm³/mol. The third kappa shape index (κ3) is 4.03. The van der Waals surface area contributed by atoms with E-state index < -0.39 is 21.9 Å². The van der Waals surface area contributed by atoms with Gasteiger partial charge < -0.3 is 10.1 Å². The molecule has 2 N–H and O–H groups in total. The molecule has 2 aromatic carbocycles. The monoisotopic (exact) mass is 378 g/mol. The molecular weight excluding hydrogens is 359 g/mol. The first-order valence-electron chi connectivity index (χ1n) is 8.17. The highest BCUT2D eigenvalue weighted by Crippen LogP contribution is 2.25. The molecule has 1 heterocycles. The number of carbonyl (C=O) groups is 1. The smallest absolute Gasteiger partial charge is 0.262 e. The number of hydrogen-bond donors (Lipinski definition) is 2. The zero-order chi connectivity index (χ0) is 18.7. The molecule has 1 aliphatic heterocycles. The van der Waals surface area contributed by atoms with Crippen LogP contribution in [-0.2, 0) is 19.6 Å². The molecule has 1 unspecified atom stereocenters. The molecule has 0 saturated carbocycles. The van der Waals surface area contributed by atoms with Crippen LogP contribution in [0.4, 0.5) is 15.8 Å². The van der Waals surface area contributed by atoms with Crippen molar-refractivity contribution in [1.29, 1.82) is 0 Å². The van der Waals surface area contributed by atoms with Crippen LogP contribution in [0.2, 0.25) is 0 Å². The molecule has 6 nitrogen and oxygen atoms in total. The SMILES string of the molecule is Cc1ccc(NC(=O)C2CCCO2)cc1S(=O)(=O)Nc1ccccc1F. The van der Waals surface area contributed by atoms with Crippen LogP contribution in [0.5, 0.6) is 0 Å². The van der Waals surface area contributed by atoms with Crippen LogP contribution in [0.25, 0.3) is 0 Å². The van der Waals surface area contributed by atoms with Crippen molar-refractivity contribution in [3.63, 3.8) is 0 Å². The van der Waals surface area contributed by atoms with Crippen LogP contribution in [0.1, 0.15) is 18.4 Å². The van der Waals surface area contributed by atoms with Crippen molar-refractivity contribution >= 4 is 27.3 Å². The molecule has 1 atom stereocenters. The van der Waals surface area contributed by atoms with E-state index in [2.05, 4.69) is 10.0 Å². The van der Waals surface area contributed by atoms with E-state index in [0.717, 1.165) is 6.42 Å². The Morgan fingerprint density at radius 1 is 1.23 bits per heavy atom. The van der Waals surface area contributed by atoms with Gasteiger partial charge >= 0.3 is 0 Å². The summed E-state index contributed by atoms with van der Waals surface area (Å²) in [6.07, 6.45) is 0.934. The summed E-state index contributed by atoms with van der Waals surface area (Å²) in [6.45, 7) is 2.17. The summed E-state index contributed by atoms with van der Waals surface area (Å²) in [4.78, 5) is 12.1. The number of carbonyl (C=O) groups excluding carboxylic acids is 1. The van der Waals surface area contributed by atoms with Gasteiger partial charge in [0.05, 0.1) is 10.6 Å². The summed E-state index contributed by atoms with van der Waals surface area (Å²) in [5.41, 5.74) is 0.676. The van der Waals surface area contributed by atoms with Gasteiger partial charge in [-0.05, 0) is 49.6 Å². The van der Waals surface area contributed by atoms with Gasteiger partial charge in [-0.1, -0.05) is 18.2 Å². The molecule has 0 aliphatic carbocycles.